The van der Waals surface area contributed by atoms with E-state index >= 15 is 0 Å². The van der Waals surface area contributed by atoms with Crippen LogP contribution in [-0.4, -0.2) is 64.7 Å². The maximum atomic E-state index is 13.2. The highest BCUT2D eigenvalue weighted by molar-refractivity contribution is 7.89. The fraction of sp³-hybridized carbons (Fsp3) is 0.500. The summed E-state index contributed by atoms with van der Waals surface area (Å²) in [6.45, 7) is 0.504. The molecule has 1 aliphatic heterocycles. The molecule has 8 nitrogen and oxygen atoms in total. The lowest BCUT2D eigenvalue weighted by molar-refractivity contribution is 0.0530. The van der Waals surface area contributed by atoms with Gasteiger partial charge >= 0.3 is 0 Å². The second kappa shape index (κ2) is 8.70. The van der Waals surface area contributed by atoms with Gasteiger partial charge in [-0.1, -0.05) is 30.3 Å². The highest BCUT2D eigenvalue weighted by Crippen LogP contribution is 2.36. The van der Waals surface area contributed by atoms with Crippen molar-refractivity contribution >= 4 is 26.9 Å². The second-order valence-corrected chi connectivity index (χ2v) is 11.5. The van der Waals surface area contributed by atoms with Gasteiger partial charge in [-0.25, -0.2) is 18.4 Å². The van der Waals surface area contributed by atoms with Crippen molar-refractivity contribution in [1.82, 2.24) is 19.3 Å². The quantitative estimate of drug-likeness (QED) is 0.576. The van der Waals surface area contributed by atoms with Crippen molar-refractivity contribution in [2.24, 2.45) is 5.92 Å². The Balaban J connectivity index is 1.19. The first-order valence-electron chi connectivity index (χ1n) is 11.6. The van der Waals surface area contributed by atoms with Gasteiger partial charge in [0.1, 0.15) is 23.4 Å². The number of rotatable bonds is 6. The fourth-order valence-corrected chi connectivity index (χ4v) is 7.32. The highest BCUT2D eigenvalue weighted by atomic mass is 32.2. The summed E-state index contributed by atoms with van der Waals surface area (Å²) in [7, 11) is -1.35. The SMILES string of the molecule is CN(c1ncnc2[nH]ccc12)[C@H]1CC[C@H](CS(=O)(=O)N2CCC(O)(c3ccccc3)C2)CC1. The van der Waals surface area contributed by atoms with E-state index in [1.807, 2.05) is 42.6 Å². The van der Waals surface area contributed by atoms with E-state index < -0.39 is 15.6 Å². The van der Waals surface area contributed by atoms with Crippen molar-refractivity contribution in [2.45, 2.75) is 43.7 Å². The molecule has 0 spiro atoms. The number of nitrogens with one attached hydrogen (secondary N) is 1. The normalized spacial score (nSPS) is 26.6. The summed E-state index contributed by atoms with van der Waals surface area (Å²) in [5.74, 6) is 1.21. The van der Waals surface area contributed by atoms with Crippen LogP contribution in [0.15, 0.2) is 48.9 Å². The van der Waals surface area contributed by atoms with Crippen LogP contribution in [0.3, 0.4) is 0 Å². The van der Waals surface area contributed by atoms with E-state index in [0.29, 0.717) is 19.0 Å². The third-order valence-electron chi connectivity index (χ3n) is 7.39. The lowest BCUT2D eigenvalue weighted by Crippen LogP contribution is -2.40. The molecule has 1 unspecified atom stereocenters. The third kappa shape index (κ3) is 4.37. The number of aromatic nitrogens is 3. The average Bonchev–Trinajstić information content (AvgIpc) is 3.47. The third-order valence-corrected chi connectivity index (χ3v) is 9.39. The van der Waals surface area contributed by atoms with Crippen LogP contribution >= 0.6 is 0 Å². The van der Waals surface area contributed by atoms with Gasteiger partial charge in [0.15, 0.2) is 0 Å². The molecule has 1 saturated heterocycles. The monoisotopic (exact) mass is 469 g/mol. The summed E-state index contributed by atoms with van der Waals surface area (Å²) >= 11 is 0. The molecule has 2 aliphatic rings. The number of hydrogen-bond acceptors (Lipinski definition) is 6. The van der Waals surface area contributed by atoms with Gasteiger partial charge < -0.3 is 15.0 Å². The van der Waals surface area contributed by atoms with Crippen molar-refractivity contribution < 1.29 is 13.5 Å². The Hall–Kier alpha value is -2.49. The van der Waals surface area contributed by atoms with Crippen LogP contribution in [0.5, 0.6) is 0 Å². The number of fused-ring (bicyclic) bond motifs is 1. The minimum Gasteiger partial charge on any atom is -0.384 e. The average molecular weight is 470 g/mol. The maximum Gasteiger partial charge on any atom is 0.214 e. The Morgan fingerprint density at radius 2 is 1.91 bits per heavy atom. The molecule has 2 aromatic heterocycles. The summed E-state index contributed by atoms with van der Waals surface area (Å²) in [6, 6.07) is 11.7. The number of anilines is 1. The first-order chi connectivity index (χ1) is 15.9. The molecule has 176 valence electrons. The molecule has 0 radical (unpaired) electrons. The molecule has 1 aliphatic carbocycles. The first-order valence-corrected chi connectivity index (χ1v) is 13.2. The predicted molar refractivity (Wildman–Crippen MR) is 128 cm³/mol. The van der Waals surface area contributed by atoms with Gasteiger partial charge in [0.2, 0.25) is 10.0 Å². The minimum absolute atomic E-state index is 0.137. The smallest absolute Gasteiger partial charge is 0.214 e. The number of H-pyrrole nitrogens is 1. The van der Waals surface area contributed by atoms with Gasteiger partial charge in [-0.2, -0.15) is 4.31 Å². The predicted octanol–water partition coefficient (Wildman–Crippen LogP) is 2.88. The minimum atomic E-state index is -3.41. The summed E-state index contributed by atoms with van der Waals surface area (Å²) < 4.78 is 27.8. The largest absolute Gasteiger partial charge is 0.384 e. The van der Waals surface area contributed by atoms with Gasteiger partial charge in [0.25, 0.3) is 0 Å². The first kappa shape index (κ1) is 22.3. The van der Waals surface area contributed by atoms with E-state index in [2.05, 4.69) is 26.9 Å². The van der Waals surface area contributed by atoms with Crippen LogP contribution in [0, 0.1) is 5.92 Å². The Kier molecular flexibility index (Phi) is 5.88. The van der Waals surface area contributed by atoms with Crippen molar-refractivity contribution in [2.75, 3.05) is 30.8 Å². The van der Waals surface area contributed by atoms with E-state index in [9.17, 15) is 13.5 Å². The standard InChI is InChI=1S/C24H31N5O3S/c1-28(23-21-11-13-25-22(21)26-17-27-23)20-9-7-18(8-10-20)15-33(31,32)29-14-12-24(30,16-29)19-5-3-2-4-6-19/h2-6,11,13,17-18,20,30H,7-10,12,14-16H2,1H3,(H,25,26,27)/t18-,20-,24?. The number of benzene rings is 1. The van der Waals surface area contributed by atoms with Gasteiger partial charge in [0.05, 0.1) is 11.1 Å². The van der Waals surface area contributed by atoms with Crippen molar-refractivity contribution in [3.8, 4) is 0 Å². The number of β-amino-alcohol motifs (C(OH)–C–C–N with tert-alkyl or cyclic N) is 1. The summed E-state index contributed by atoms with van der Waals surface area (Å²) in [5.41, 5.74) is 0.510. The number of aromatic amines is 1. The van der Waals surface area contributed by atoms with E-state index in [-0.39, 0.29) is 18.2 Å². The number of nitrogens with zero attached hydrogens (tertiary/aromatic N) is 4. The topological polar surface area (TPSA) is 102 Å². The molecule has 1 atom stereocenters. The van der Waals surface area contributed by atoms with E-state index in [0.717, 1.165) is 48.1 Å². The van der Waals surface area contributed by atoms with Crippen molar-refractivity contribution in [3.05, 3.63) is 54.5 Å². The number of aliphatic hydroxyl groups is 1. The Morgan fingerprint density at radius 3 is 2.67 bits per heavy atom. The summed E-state index contributed by atoms with van der Waals surface area (Å²) in [4.78, 5) is 14.1. The number of hydrogen-bond donors (Lipinski definition) is 2. The van der Waals surface area contributed by atoms with Gasteiger partial charge in [-0.15, -0.1) is 0 Å². The molecular weight excluding hydrogens is 438 g/mol. The molecule has 33 heavy (non-hydrogen) atoms. The number of sulfonamides is 1. The van der Waals surface area contributed by atoms with E-state index in [4.69, 9.17) is 0 Å². The van der Waals surface area contributed by atoms with Crippen molar-refractivity contribution in [1.29, 1.82) is 0 Å². The molecule has 3 aromatic rings. The lowest BCUT2D eigenvalue weighted by Gasteiger charge is -2.35. The van der Waals surface area contributed by atoms with Crippen molar-refractivity contribution in [3.63, 3.8) is 0 Å². The zero-order valence-corrected chi connectivity index (χ0v) is 19.7. The van der Waals surface area contributed by atoms with Crippen LogP contribution in [0.2, 0.25) is 0 Å². The highest BCUT2D eigenvalue weighted by Gasteiger charge is 2.43. The van der Waals surface area contributed by atoms with Crippen LogP contribution in [0.25, 0.3) is 11.0 Å². The molecule has 5 rings (SSSR count). The summed E-state index contributed by atoms with van der Waals surface area (Å²) in [6.07, 6.45) is 7.48. The molecule has 1 saturated carbocycles. The summed E-state index contributed by atoms with van der Waals surface area (Å²) in [5, 5.41) is 12.0. The Labute approximate surface area is 194 Å². The zero-order chi connectivity index (χ0) is 23.1. The lowest BCUT2D eigenvalue weighted by atomic mass is 9.86. The molecule has 3 heterocycles. The second-order valence-electron chi connectivity index (χ2n) is 9.48. The molecule has 2 N–H and O–H groups in total. The Bertz CT molecular complexity index is 1210. The zero-order valence-electron chi connectivity index (χ0n) is 18.9. The van der Waals surface area contributed by atoms with Crippen LogP contribution < -0.4 is 4.90 Å². The van der Waals surface area contributed by atoms with Crippen LogP contribution in [0.1, 0.15) is 37.7 Å². The molecule has 9 heteroatoms. The fourth-order valence-electron chi connectivity index (χ4n) is 5.40. The Morgan fingerprint density at radius 1 is 1.15 bits per heavy atom. The van der Waals surface area contributed by atoms with Gasteiger partial charge in [-0.3, -0.25) is 0 Å². The molecule has 1 aromatic carbocycles. The van der Waals surface area contributed by atoms with Gasteiger partial charge in [0, 0.05) is 32.4 Å². The van der Waals surface area contributed by atoms with Crippen LogP contribution in [0.4, 0.5) is 5.82 Å². The van der Waals surface area contributed by atoms with Gasteiger partial charge in [-0.05, 0) is 49.7 Å². The molecule has 0 amide bonds. The van der Waals surface area contributed by atoms with E-state index in [1.165, 1.54) is 4.31 Å². The molecule has 2 fully saturated rings. The maximum absolute atomic E-state index is 13.2. The van der Waals surface area contributed by atoms with E-state index in [1.54, 1.807) is 6.33 Å². The molecule has 0 bridgehead atoms. The molecular formula is C24H31N5O3S. The van der Waals surface area contributed by atoms with Crippen LogP contribution in [-0.2, 0) is 15.6 Å².